The molecule has 8 rings (SSSR count). The predicted molar refractivity (Wildman–Crippen MR) is 242 cm³/mol. The van der Waals surface area contributed by atoms with Crippen molar-refractivity contribution in [2.75, 3.05) is 47.0 Å². The molecule has 2 saturated heterocycles. The third-order valence-corrected chi connectivity index (χ3v) is 13.2. The van der Waals surface area contributed by atoms with Crippen LogP contribution in [0.1, 0.15) is 87.5 Å². The second-order valence-corrected chi connectivity index (χ2v) is 18.2. The van der Waals surface area contributed by atoms with Crippen molar-refractivity contribution < 1.29 is 45.7 Å². The molecule has 2 saturated carbocycles. The number of aryl methyl sites for hydroxylation is 2. The van der Waals surface area contributed by atoms with Gasteiger partial charge in [0.25, 0.3) is 0 Å². The van der Waals surface area contributed by atoms with E-state index in [1.54, 1.807) is 12.1 Å². The summed E-state index contributed by atoms with van der Waals surface area (Å²) in [5.74, 6) is 4.47. The number of benzene rings is 2. The largest absolute Gasteiger partial charge is 0.504 e. The number of phenolic OH excluding ortho intramolecular Hbond substituents is 1. The standard InChI is InChI=1S/C24H29F3N2O2.C21H23F3N2O2.C3H7I/c1-3-11-30-21-12-16(2)7-9-20(21)31-23-17-5-4-6-18(23)15-29(14-17)22-10-8-19(13-28-22)24(25,26)27;1-13-5-7-18(17(27)9-13)28-20-14-3-2-4-15(20)12-26(11-14)19-8-6-16(10-25-19)21(22,23)24;1-2-3-4/h7-10,12-13,17-18,23H,3-6,11,14-15H2,1-2H3;5-10,14-15,20,27H,2-4,11-12H2,1H3;2-3H2,1H3/t17-,18+,23?;14-,15+,20?;. The van der Waals surface area contributed by atoms with Crippen LogP contribution in [0.3, 0.4) is 0 Å². The molecule has 2 aromatic carbocycles. The Morgan fingerprint density at radius 2 is 1.05 bits per heavy atom. The second-order valence-electron chi connectivity index (χ2n) is 17.1. The van der Waals surface area contributed by atoms with Crippen LogP contribution in [-0.2, 0) is 12.4 Å². The second kappa shape index (κ2) is 21.7. The molecule has 63 heavy (non-hydrogen) atoms. The van der Waals surface area contributed by atoms with E-state index in [1.807, 2.05) is 38.1 Å². The van der Waals surface area contributed by atoms with E-state index in [0.717, 1.165) is 105 Å². The number of aromatic nitrogens is 2. The van der Waals surface area contributed by atoms with Gasteiger partial charge in [0.05, 0.1) is 17.7 Å². The third-order valence-electron chi connectivity index (χ3n) is 12.2. The van der Waals surface area contributed by atoms with E-state index in [2.05, 4.69) is 56.2 Å². The molecule has 4 aromatic rings. The Balaban J connectivity index is 0.000000194. The fourth-order valence-corrected chi connectivity index (χ4v) is 9.07. The number of aromatic hydroxyl groups is 1. The average molecular weight is 997 g/mol. The third kappa shape index (κ3) is 12.8. The molecule has 2 aliphatic heterocycles. The van der Waals surface area contributed by atoms with Crippen LogP contribution in [-0.4, -0.2) is 64.5 Å². The number of hydrogen-bond acceptors (Lipinski definition) is 8. The van der Waals surface area contributed by atoms with Crippen molar-refractivity contribution >= 4 is 34.2 Å². The maximum atomic E-state index is 12.9. The number of pyridine rings is 2. The van der Waals surface area contributed by atoms with Gasteiger partial charge in [-0.15, -0.1) is 0 Å². The van der Waals surface area contributed by atoms with Gasteiger partial charge in [-0.05, 0) is 116 Å². The summed E-state index contributed by atoms with van der Waals surface area (Å²) in [5, 5.41) is 10.2. The summed E-state index contributed by atoms with van der Waals surface area (Å²) in [6.45, 7) is 11.7. The zero-order valence-corrected chi connectivity index (χ0v) is 38.6. The van der Waals surface area contributed by atoms with Crippen LogP contribution in [0.4, 0.5) is 38.0 Å². The molecular weight excluding hydrogens is 937 g/mol. The van der Waals surface area contributed by atoms with E-state index >= 15 is 0 Å². The maximum absolute atomic E-state index is 12.9. The van der Waals surface area contributed by atoms with Crippen LogP contribution in [0.2, 0.25) is 0 Å². The molecule has 0 amide bonds. The Hall–Kier alpha value is -4.15. The summed E-state index contributed by atoms with van der Waals surface area (Å²) in [6, 6.07) is 16.6. The Morgan fingerprint density at radius 3 is 1.43 bits per heavy atom. The summed E-state index contributed by atoms with van der Waals surface area (Å²) in [5.41, 5.74) is 0.647. The van der Waals surface area contributed by atoms with Crippen molar-refractivity contribution in [2.24, 2.45) is 23.7 Å². The van der Waals surface area contributed by atoms with Gasteiger partial charge in [0, 0.05) is 62.2 Å². The SMILES string of the molecule is CCCI.CCCOc1cc(C)ccc1OC1[C@@H]2CCC[C@H]1CN(c1ccc(C(F)(F)F)cn1)C2.Cc1ccc(OC2[C@@H]3CCC[C@H]2CN(c2ccc(C(F)(F)F)cn2)C3)c(O)c1. The summed E-state index contributed by atoms with van der Waals surface area (Å²) in [4.78, 5) is 12.3. The number of alkyl halides is 7. The van der Waals surface area contributed by atoms with Crippen LogP contribution in [0.15, 0.2) is 73.1 Å². The lowest BCUT2D eigenvalue weighted by molar-refractivity contribution is -0.138. The minimum Gasteiger partial charge on any atom is -0.504 e. The van der Waals surface area contributed by atoms with E-state index in [9.17, 15) is 31.4 Å². The van der Waals surface area contributed by atoms with Gasteiger partial charge in [-0.3, -0.25) is 0 Å². The first kappa shape index (κ1) is 48.3. The zero-order valence-electron chi connectivity index (χ0n) is 36.4. The van der Waals surface area contributed by atoms with Gasteiger partial charge in [0.1, 0.15) is 23.8 Å². The van der Waals surface area contributed by atoms with Crippen LogP contribution in [0.25, 0.3) is 0 Å². The van der Waals surface area contributed by atoms with Gasteiger partial charge in [0.15, 0.2) is 23.0 Å². The number of fused-ring (bicyclic) bond motifs is 4. The topological polar surface area (TPSA) is 80.2 Å². The molecule has 2 aliphatic carbocycles. The van der Waals surface area contributed by atoms with Crippen LogP contribution in [0.5, 0.6) is 23.0 Å². The summed E-state index contributed by atoms with van der Waals surface area (Å²) < 4.78 is 96.9. The minimum absolute atomic E-state index is 0.00643. The lowest BCUT2D eigenvalue weighted by atomic mass is 9.75. The normalized spacial score (nSPS) is 23.1. The highest BCUT2D eigenvalue weighted by atomic mass is 127. The lowest BCUT2D eigenvalue weighted by Crippen LogP contribution is -2.54. The highest BCUT2D eigenvalue weighted by Crippen LogP contribution is 2.43. The van der Waals surface area contributed by atoms with Crippen molar-refractivity contribution in [3.63, 3.8) is 0 Å². The van der Waals surface area contributed by atoms with Gasteiger partial charge in [-0.2, -0.15) is 26.3 Å². The number of ether oxygens (including phenoxy) is 3. The predicted octanol–water partition coefficient (Wildman–Crippen LogP) is 12.5. The Kier molecular flexibility index (Phi) is 16.6. The number of phenols is 1. The lowest BCUT2D eigenvalue weighted by Gasteiger charge is -2.47. The molecular formula is C48H59F6IN4O4. The van der Waals surface area contributed by atoms with Crippen molar-refractivity contribution in [3.8, 4) is 23.0 Å². The molecule has 0 spiro atoms. The molecule has 4 fully saturated rings. The minimum atomic E-state index is -4.38. The Bertz CT molecular complexity index is 2020. The molecule has 8 nitrogen and oxygen atoms in total. The van der Waals surface area contributed by atoms with Crippen LogP contribution in [0, 0.1) is 37.5 Å². The number of rotatable bonds is 10. The number of anilines is 2. The molecule has 6 atom stereocenters. The molecule has 2 unspecified atom stereocenters. The van der Waals surface area contributed by atoms with Crippen molar-refractivity contribution in [1.82, 2.24) is 9.97 Å². The summed E-state index contributed by atoms with van der Waals surface area (Å²) in [7, 11) is 0. The van der Waals surface area contributed by atoms with Crippen molar-refractivity contribution in [1.29, 1.82) is 0 Å². The van der Waals surface area contributed by atoms with Crippen molar-refractivity contribution in [3.05, 3.63) is 95.3 Å². The zero-order chi connectivity index (χ0) is 45.3. The Labute approximate surface area is 380 Å². The van der Waals surface area contributed by atoms with Crippen LogP contribution >= 0.6 is 22.6 Å². The first-order valence-corrected chi connectivity index (χ1v) is 23.6. The van der Waals surface area contributed by atoms with E-state index < -0.39 is 23.5 Å². The number of nitrogens with zero attached hydrogens (tertiary/aromatic N) is 4. The molecule has 4 bridgehead atoms. The number of piperidine rings is 2. The molecule has 344 valence electrons. The summed E-state index contributed by atoms with van der Waals surface area (Å²) >= 11 is 2.35. The monoisotopic (exact) mass is 996 g/mol. The molecule has 4 aliphatic rings. The molecule has 1 N–H and O–H groups in total. The van der Waals surface area contributed by atoms with Crippen LogP contribution < -0.4 is 24.0 Å². The molecule has 4 heterocycles. The van der Waals surface area contributed by atoms with E-state index in [4.69, 9.17) is 14.2 Å². The highest BCUT2D eigenvalue weighted by Gasteiger charge is 2.43. The van der Waals surface area contributed by atoms with E-state index in [0.29, 0.717) is 48.9 Å². The number of hydrogen-bond donors (Lipinski definition) is 1. The first-order chi connectivity index (χ1) is 30.1. The number of halogens is 7. The van der Waals surface area contributed by atoms with Gasteiger partial charge in [-0.1, -0.05) is 61.4 Å². The first-order valence-electron chi connectivity index (χ1n) is 22.1. The quantitative estimate of drug-likeness (QED) is 0.0956. The van der Waals surface area contributed by atoms with E-state index in [1.165, 1.54) is 23.0 Å². The molecule has 0 radical (unpaired) electrons. The fraction of sp³-hybridized carbons (Fsp3) is 0.542. The highest BCUT2D eigenvalue weighted by molar-refractivity contribution is 14.1. The maximum Gasteiger partial charge on any atom is 0.417 e. The molecule has 2 aromatic heterocycles. The molecule has 15 heteroatoms. The van der Waals surface area contributed by atoms with Gasteiger partial charge in [0.2, 0.25) is 0 Å². The fourth-order valence-electron chi connectivity index (χ4n) is 9.07. The smallest absolute Gasteiger partial charge is 0.417 e. The average Bonchev–Trinajstić information content (AvgIpc) is 3.24. The summed E-state index contributed by atoms with van der Waals surface area (Å²) in [6.07, 6.45) is 1.71. The van der Waals surface area contributed by atoms with E-state index in [-0.39, 0.29) is 29.8 Å². The van der Waals surface area contributed by atoms with Gasteiger partial charge in [-0.25, -0.2) is 9.97 Å². The Morgan fingerprint density at radius 1 is 0.619 bits per heavy atom. The van der Waals surface area contributed by atoms with Gasteiger partial charge < -0.3 is 29.1 Å². The van der Waals surface area contributed by atoms with Gasteiger partial charge >= 0.3 is 12.4 Å². The van der Waals surface area contributed by atoms with Crippen molar-refractivity contribution in [2.45, 2.75) is 104 Å².